The van der Waals surface area contributed by atoms with Gasteiger partial charge >= 0.3 is 0 Å². The van der Waals surface area contributed by atoms with Crippen molar-refractivity contribution in [3.05, 3.63) is 57.5 Å². The number of carbonyl (C=O) groups excluding carboxylic acids is 1. The first-order valence-electron chi connectivity index (χ1n) is 9.01. The summed E-state index contributed by atoms with van der Waals surface area (Å²) in [6, 6.07) is 5.11. The minimum Gasteiger partial charge on any atom is -0.501 e. The molecule has 150 valence electrons. The summed E-state index contributed by atoms with van der Waals surface area (Å²) in [6.45, 7) is 1.56. The Labute approximate surface area is 160 Å². The number of aliphatic hydroxyl groups excluding tert-OH is 1. The second-order valence-corrected chi connectivity index (χ2v) is 6.78. The molecular formula is C19H22FN3O5. The molecule has 0 bridgehead atoms. The molecule has 1 aromatic carbocycles. The molecule has 1 amide bonds. The number of hydrogen-bond donors (Lipinski definition) is 4. The van der Waals surface area contributed by atoms with Crippen LogP contribution < -0.4 is 10.9 Å². The molecule has 1 aromatic heterocycles. The summed E-state index contributed by atoms with van der Waals surface area (Å²) in [7, 11) is 0. The number of nitrogens with one attached hydrogen (secondary N) is 2. The summed E-state index contributed by atoms with van der Waals surface area (Å²) in [5.41, 5.74) is -1.48. The zero-order valence-electron chi connectivity index (χ0n) is 15.4. The van der Waals surface area contributed by atoms with Crippen molar-refractivity contribution >= 4 is 5.91 Å². The van der Waals surface area contributed by atoms with Crippen LogP contribution in [-0.2, 0) is 10.3 Å². The topological polar surface area (TPSA) is 125 Å². The Kier molecular flexibility index (Phi) is 5.76. The highest BCUT2D eigenvalue weighted by Crippen LogP contribution is 2.43. The van der Waals surface area contributed by atoms with Crippen LogP contribution in [0.1, 0.15) is 54.1 Å². The van der Waals surface area contributed by atoms with Gasteiger partial charge in [-0.15, -0.1) is 0 Å². The van der Waals surface area contributed by atoms with Crippen molar-refractivity contribution in [1.82, 2.24) is 15.3 Å². The molecule has 0 saturated heterocycles. The predicted octanol–water partition coefficient (Wildman–Crippen LogP) is 1.49. The maximum atomic E-state index is 13.1. The maximum absolute atomic E-state index is 13.1. The van der Waals surface area contributed by atoms with E-state index in [2.05, 4.69) is 15.3 Å². The lowest BCUT2D eigenvalue weighted by Crippen LogP contribution is -2.42. The summed E-state index contributed by atoms with van der Waals surface area (Å²) >= 11 is 0. The number of carbonyl (C=O) groups is 1. The Morgan fingerprint density at radius 3 is 2.64 bits per heavy atom. The van der Waals surface area contributed by atoms with E-state index >= 15 is 0 Å². The van der Waals surface area contributed by atoms with Gasteiger partial charge in [0.15, 0.2) is 5.69 Å². The molecule has 1 saturated carbocycles. The van der Waals surface area contributed by atoms with Crippen molar-refractivity contribution in [2.24, 2.45) is 0 Å². The lowest BCUT2D eigenvalue weighted by Gasteiger charge is -2.40. The van der Waals surface area contributed by atoms with E-state index in [4.69, 9.17) is 9.84 Å². The number of benzene rings is 1. The summed E-state index contributed by atoms with van der Waals surface area (Å²) in [5, 5.41) is 21.7. The van der Waals surface area contributed by atoms with E-state index in [9.17, 15) is 19.1 Å². The van der Waals surface area contributed by atoms with Crippen LogP contribution >= 0.6 is 0 Å². The number of hydrogen-bond acceptors (Lipinski definition) is 6. The molecule has 1 fully saturated rings. The number of rotatable bonds is 7. The summed E-state index contributed by atoms with van der Waals surface area (Å²) in [4.78, 5) is 31.4. The number of halogens is 1. The SMILES string of the molecule is CC(NC(=O)c1nc(C2(OCCO)CCC2)[nH]c(=O)c1O)c1ccc(F)cc1. The van der Waals surface area contributed by atoms with E-state index in [1.807, 2.05) is 0 Å². The minimum absolute atomic E-state index is 0.0632. The van der Waals surface area contributed by atoms with Gasteiger partial charge in [0.25, 0.3) is 11.5 Å². The number of amides is 1. The minimum atomic E-state index is -0.882. The highest BCUT2D eigenvalue weighted by molar-refractivity contribution is 5.94. The van der Waals surface area contributed by atoms with Gasteiger partial charge < -0.3 is 25.3 Å². The van der Waals surface area contributed by atoms with Crippen LogP contribution in [0.25, 0.3) is 0 Å². The molecule has 1 aliphatic rings. The van der Waals surface area contributed by atoms with Crippen molar-refractivity contribution < 1.29 is 24.1 Å². The molecule has 1 heterocycles. The molecule has 1 aliphatic carbocycles. The molecule has 3 rings (SSSR count). The van der Waals surface area contributed by atoms with E-state index in [0.29, 0.717) is 18.4 Å². The van der Waals surface area contributed by atoms with Gasteiger partial charge in [-0.2, -0.15) is 0 Å². The highest BCUT2D eigenvalue weighted by Gasteiger charge is 2.43. The Morgan fingerprint density at radius 1 is 1.39 bits per heavy atom. The van der Waals surface area contributed by atoms with Gasteiger partial charge in [0, 0.05) is 0 Å². The van der Waals surface area contributed by atoms with Crippen molar-refractivity contribution in [1.29, 1.82) is 0 Å². The molecular weight excluding hydrogens is 369 g/mol. The molecule has 4 N–H and O–H groups in total. The van der Waals surface area contributed by atoms with Gasteiger partial charge in [0.05, 0.1) is 19.3 Å². The number of H-pyrrole nitrogens is 1. The second kappa shape index (κ2) is 8.07. The molecule has 1 unspecified atom stereocenters. The normalized spacial score (nSPS) is 16.2. The highest BCUT2D eigenvalue weighted by atomic mass is 19.1. The van der Waals surface area contributed by atoms with Crippen LogP contribution in [0, 0.1) is 5.82 Å². The molecule has 1 atom stereocenters. The molecule has 0 spiro atoms. The number of ether oxygens (including phenoxy) is 1. The number of aromatic nitrogens is 2. The van der Waals surface area contributed by atoms with E-state index < -0.39 is 40.4 Å². The van der Waals surface area contributed by atoms with Gasteiger partial charge in [-0.25, -0.2) is 9.37 Å². The quantitative estimate of drug-likeness (QED) is 0.567. The number of nitrogens with zero attached hydrogens (tertiary/aromatic N) is 1. The average molecular weight is 391 g/mol. The van der Waals surface area contributed by atoms with Gasteiger partial charge in [0.1, 0.15) is 17.2 Å². The van der Waals surface area contributed by atoms with E-state index in [0.717, 1.165) is 6.42 Å². The van der Waals surface area contributed by atoms with E-state index in [1.54, 1.807) is 6.92 Å². The molecule has 9 heteroatoms. The standard InChI is InChI=1S/C19H22FN3O5/c1-11(12-3-5-13(20)6-4-12)21-16(26)14-15(25)17(27)23-18(22-14)19(7-2-8-19)28-10-9-24/h3-6,11,24-25H,2,7-10H2,1H3,(H,21,26)(H,22,23,27). The van der Waals surface area contributed by atoms with Crippen LogP contribution in [0.5, 0.6) is 5.75 Å². The van der Waals surface area contributed by atoms with Crippen LogP contribution in [0.2, 0.25) is 0 Å². The molecule has 8 nitrogen and oxygen atoms in total. The Balaban J connectivity index is 1.86. The maximum Gasteiger partial charge on any atom is 0.294 e. The van der Waals surface area contributed by atoms with Gasteiger partial charge in [-0.1, -0.05) is 12.1 Å². The smallest absolute Gasteiger partial charge is 0.294 e. The first-order chi connectivity index (χ1) is 13.4. The third-order valence-electron chi connectivity index (χ3n) is 4.89. The summed E-state index contributed by atoms with van der Waals surface area (Å²) in [6.07, 6.45) is 2.00. The van der Waals surface area contributed by atoms with Crippen LogP contribution in [0.4, 0.5) is 4.39 Å². The molecule has 2 aromatic rings. The Morgan fingerprint density at radius 2 is 2.07 bits per heavy atom. The van der Waals surface area contributed by atoms with Crippen LogP contribution in [-0.4, -0.2) is 39.3 Å². The Hall–Kier alpha value is -2.78. The molecule has 28 heavy (non-hydrogen) atoms. The van der Waals surface area contributed by atoms with E-state index in [1.165, 1.54) is 24.3 Å². The van der Waals surface area contributed by atoms with Crippen LogP contribution in [0.3, 0.4) is 0 Å². The fourth-order valence-electron chi connectivity index (χ4n) is 3.13. The zero-order chi connectivity index (χ0) is 20.3. The summed E-state index contributed by atoms with van der Waals surface area (Å²) in [5.74, 6) is -1.77. The fraction of sp³-hybridized carbons (Fsp3) is 0.421. The third-order valence-corrected chi connectivity index (χ3v) is 4.89. The second-order valence-electron chi connectivity index (χ2n) is 6.78. The predicted molar refractivity (Wildman–Crippen MR) is 97.4 cm³/mol. The first kappa shape index (κ1) is 20.0. The lowest BCUT2D eigenvalue weighted by molar-refractivity contribution is -0.120. The van der Waals surface area contributed by atoms with Gasteiger partial charge in [-0.3, -0.25) is 9.59 Å². The molecule has 0 radical (unpaired) electrons. The molecule has 0 aliphatic heterocycles. The van der Waals surface area contributed by atoms with Crippen molar-refractivity contribution in [3.63, 3.8) is 0 Å². The number of aromatic amines is 1. The van der Waals surface area contributed by atoms with Gasteiger partial charge in [-0.05, 0) is 43.9 Å². The average Bonchev–Trinajstić information content (AvgIpc) is 2.63. The monoisotopic (exact) mass is 391 g/mol. The fourth-order valence-corrected chi connectivity index (χ4v) is 3.13. The van der Waals surface area contributed by atoms with Crippen molar-refractivity contribution in [3.8, 4) is 5.75 Å². The number of aliphatic hydroxyl groups is 1. The van der Waals surface area contributed by atoms with E-state index in [-0.39, 0.29) is 19.0 Å². The largest absolute Gasteiger partial charge is 0.501 e. The lowest BCUT2D eigenvalue weighted by atomic mass is 9.79. The number of aromatic hydroxyl groups is 1. The zero-order valence-corrected chi connectivity index (χ0v) is 15.4. The van der Waals surface area contributed by atoms with Crippen molar-refractivity contribution in [2.45, 2.75) is 37.8 Å². The Bertz CT molecular complexity index is 909. The summed E-state index contributed by atoms with van der Waals surface area (Å²) < 4.78 is 18.7. The van der Waals surface area contributed by atoms with Crippen LogP contribution in [0.15, 0.2) is 29.1 Å². The first-order valence-corrected chi connectivity index (χ1v) is 9.01. The van der Waals surface area contributed by atoms with Gasteiger partial charge in [0.2, 0.25) is 5.75 Å². The van der Waals surface area contributed by atoms with Crippen molar-refractivity contribution in [2.75, 3.05) is 13.2 Å². The third kappa shape index (κ3) is 3.90.